The quantitative estimate of drug-likeness (QED) is 0.832. The minimum atomic E-state index is -3.71. The first-order valence-electron chi connectivity index (χ1n) is 8.29. The molecule has 26 heavy (non-hydrogen) atoms. The minimum absolute atomic E-state index is 0.00725. The van der Waals surface area contributed by atoms with E-state index in [0.717, 1.165) is 24.6 Å². The fourth-order valence-corrected chi connectivity index (χ4v) is 4.24. The van der Waals surface area contributed by atoms with Crippen molar-refractivity contribution in [2.24, 2.45) is 0 Å². The molecule has 3 rings (SSSR count). The highest BCUT2D eigenvalue weighted by Crippen LogP contribution is 2.22. The van der Waals surface area contributed by atoms with Gasteiger partial charge in [0.2, 0.25) is 10.0 Å². The van der Waals surface area contributed by atoms with Gasteiger partial charge in [-0.1, -0.05) is 17.7 Å². The summed E-state index contributed by atoms with van der Waals surface area (Å²) in [5, 5.41) is 0.411. The van der Waals surface area contributed by atoms with Gasteiger partial charge in [0.25, 0.3) is 0 Å². The van der Waals surface area contributed by atoms with E-state index in [1.54, 1.807) is 19.1 Å². The van der Waals surface area contributed by atoms with Crippen LogP contribution in [0.2, 0.25) is 5.02 Å². The molecule has 0 spiro atoms. The monoisotopic (exact) mass is 396 g/mol. The van der Waals surface area contributed by atoms with E-state index in [4.69, 9.17) is 16.3 Å². The standard InChI is InChI=1S/C17H21ClN4O3S/c1-12-10-17(22-6-8-25-9-7-22)21-16(20-12)11-19-26(23,24)15-5-3-4-14(18)13(15)2/h3-5,10,19H,6-9,11H2,1-2H3. The predicted molar refractivity (Wildman–Crippen MR) is 100 cm³/mol. The van der Waals surface area contributed by atoms with Crippen molar-refractivity contribution in [2.75, 3.05) is 31.2 Å². The van der Waals surface area contributed by atoms with Crippen LogP contribution in [-0.4, -0.2) is 44.7 Å². The number of rotatable bonds is 5. The van der Waals surface area contributed by atoms with E-state index in [9.17, 15) is 8.42 Å². The van der Waals surface area contributed by atoms with Crippen LogP contribution in [0.25, 0.3) is 0 Å². The zero-order valence-electron chi connectivity index (χ0n) is 14.7. The van der Waals surface area contributed by atoms with Gasteiger partial charge in [0.1, 0.15) is 11.6 Å². The van der Waals surface area contributed by atoms with Crippen LogP contribution in [0, 0.1) is 13.8 Å². The third kappa shape index (κ3) is 4.32. The number of hydrogen-bond donors (Lipinski definition) is 1. The summed E-state index contributed by atoms with van der Waals surface area (Å²) in [6.45, 7) is 6.36. The second-order valence-corrected chi connectivity index (χ2v) is 8.21. The Balaban J connectivity index is 1.78. The summed E-state index contributed by atoms with van der Waals surface area (Å²) in [5.74, 6) is 1.21. The molecule has 0 bridgehead atoms. The second kappa shape index (κ2) is 7.87. The zero-order valence-corrected chi connectivity index (χ0v) is 16.3. The van der Waals surface area contributed by atoms with Crippen molar-refractivity contribution < 1.29 is 13.2 Å². The smallest absolute Gasteiger partial charge is 0.241 e. The molecule has 0 radical (unpaired) electrons. The Morgan fingerprint density at radius 2 is 1.96 bits per heavy atom. The summed E-state index contributed by atoms with van der Waals surface area (Å²) in [6, 6.07) is 6.70. The molecule has 140 valence electrons. The number of hydrogen-bond acceptors (Lipinski definition) is 6. The van der Waals surface area contributed by atoms with Gasteiger partial charge < -0.3 is 9.64 Å². The Labute approximate surface area is 158 Å². The fraction of sp³-hybridized carbons (Fsp3) is 0.412. The van der Waals surface area contributed by atoms with Crippen LogP contribution in [0.15, 0.2) is 29.2 Å². The van der Waals surface area contributed by atoms with Crippen molar-refractivity contribution in [1.29, 1.82) is 0 Å². The first-order chi connectivity index (χ1) is 12.4. The van der Waals surface area contributed by atoms with Crippen LogP contribution in [0.5, 0.6) is 0 Å². The summed E-state index contributed by atoms with van der Waals surface area (Å²) >= 11 is 6.03. The maximum Gasteiger partial charge on any atom is 0.241 e. The Bertz CT molecular complexity index is 899. The Morgan fingerprint density at radius 1 is 1.23 bits per heavy atom. The van der Waals surface area contributed by atoms with Crippen molar-refractivity contribution in [1.82, 2.24) is 14.7 Å². The van der Waals surface area contributed by atoms with Gasteiger partial charge in [-0.15, -0.1) is 0 Å². The molecule has 1 saturated heterocycles. The average Bonchev–Trinajstić information content (AvgIpc) is 2.62. The number of sulfonamides is 1. The molecule has 1 aromatic heterocycles. The zero-order chi connectivity index (χ0) is 18.7. The molecule has 0 aliphatic carbocycles. The minimum Gasteiger partial charge on any atom is -0.378 e. The molecular formula is C17H21ClN4O3S. The molecule has 0 amide bonds. The van der Waals surface area contributed by atoms with Crippen molar-refractivity contribution in [3.63, 3.8) is 0 Å². The van der Waals surface area contributed by atoms with E-state index < -0.39 is 10.0 Å². The summed E-state index contributed by atoms with van der Waals surface area (Å²) in [7, 11) is -3.71. The fourth-order valence-electron chi connectivity index (χ4n) is 2.76. The van der Waals surface area contributed by atoms with Crippen molar-refractivity contribution in [3.05, 3.63) is 46.4 Å². The van der Waals surface area contributed by atoms with Crippen LogP contribution in [-0.2, 0) is 21.3 Å². The Hall–Kier alpha value is -1.74. The van der Waals surface area contributed by atoms with E-state index >= 15 is 0 Å². The lowest BCUT2D eigenvalue weighted by molar-refractivity contribution is 0.122. The highest BCUT2D eigenvalue weighted by molar-refractivity contribution is 7.89. The number of aryl methyl sites for hydroxylation is 1. The number of aromatic nitrogens is 2. The van der Waals surface area contributed by atoms with E-state index in [-0.39, 0.29) is 11.4 Å². The van der Waals surface area contributed by atoms with Crippen molar-refractivity contribution >= 4 is 27.4 Å². The van der Waals surface area contributed by atoms with E-state index in [2.05, 4.69) is 19.6 Å². The summed E-state index contributed by atoms with van der Waals surface area (Å²) in [5.41, 5.74) is 1.30. The summed E-state index contributed by atoms with van der Waals surface area (Å²) in [6.07, 6.45) is 0. The first-order valence-corrected chi connectivity index (χ1v) is 10.1. The number of benzene rings is 1. The topological polar surface area (TPSA) is 84.4 Å². The third-order valence-electron chi connectivity index (χ3n) is 4.15. The number of morpholine rings is 1. The van der Waals surface area contributed by atoms with Gasteiger partial charge in [0.05, 0.1) is 24.7 Å². The van der Waals surface area contributed by atoms with Gasteiger partial charge >= 0.3 is 0 Å². The van der Waals surface area contributed by atoms with Gasteiger partial charge in [-0.2, -0.15) is 0 Å². The number of nitrogens with one attached hydrogen (secondary N) is 1. The molecule has 1 N–H and O–H groups in total. The summed E-state index contributed by atoms with van der Waals surface area (Å²) in [4.78, 5) is 11.1. The Morgan fingerprint density at radius 3 is 2.69 bits per heavy atom. The maximum atomic E-state index is 12.6. The molecule has 0 unspecified atom stereocenters. The van der Waals surface area contributed by atoms with Crippen LogP contribution < -0.4 is 9.62 Å². The van der Waals surface area contributed by atoms with Crippen LogP contribution in [0.1, 0.15) is 17.1 Å². The molecule has 1 fully saturated rings. The molecule has 1 aliphatic heterocycles. The van der Waals surface area contributed by atoms with Crippen LogP contribution >= 0.6 is 11.6 Å². The number of ether oxygens (including phenoxy) is 1. The molecule has 1 aliphatic rings. The van der Waals surface area contributed by atoms with Crippen LogP contribution in [0.3, 0.4) is 0 Å². The molecular weight excluding hydrogens is 376 g/mol. The van der Waals surface area contributed by atoms with Gasteiger partial charge in [0.15, 0.2) is 0 Å². The predicted octanol–water partition coefficient (Wildman–Crippen LogP) is 2.06. The SMILES string of the molecule is Cc1cc(N2CCOCC2)nc(CNS(=O)(=O)c2cccc(Cl)c2C)n1. The number of halogens is 1. The van der Waals surface area contributed by atoms with Crippen molar-refractivity contribution in [2.45, 2.75) is 25.3 Å². The highest BCUT2D eigenvalue weighted by atomic mass is 35.5. The lowest BCUT2D eigenvalue weighted by atomic mass is 10.2. The highest BCUT2D eigenvalue weighted by Gasteiger charge is 2.19. The third-order valence-corrected chi connectivity index (χ3v) is 6.11. The maximum absolute atomic E-state index is 12.6. The van der Waals surface area contributed by atoms with E-state index in [1.807, 2.05) is 13.0 Å². The van der Waals surface area contributed by atoms with E-state index in [0.29, 0.717) is 29.6 Å². The normalized spacial score (nSPS) is 15.3. The molecule has 0 atom stereocenters. The molecule has 7 nitrogen and oxygen atoms in total. The molecule has 9 heteroatoms. The number of anilines is 1. The first kappa shape index (κ1) is 19.0. The lowest BCUT2D eigenvalue weighted by Gasteiger charge is -2.28. The summed E-state index contributed by atoms with van der Waals surface area (Å²) < 4.78 is 33.1. The molecule has 2 heterocycles. The van der Waals surface area contributed by atoms with E-state index in [1.165, 1.54) is 6.07 Å². The molecule has 0 saturated carbocycles. The van der Waals surface area contributed by atoms with Gasteiger partial charge in [0, 0.05) is 29.9 Å². The largest absolute Gasteiger partial charge is 0.378 e. The van der Waals surface area contributed by atoms with Gasteiger partial charge in [-0.25, -0.2) is 23.1 Å². The lowest BCUT2D eigenvalue weighted by Crippen LogP contribution is -2.37. The van der Waals surface area contributed by atoms with Crippen molar-refractivity contribution in [3.8, 4) is 0 Å². The Kier molecular flexibility index (Phi) is 5.76. The van der Waals surface area contributed by atoms with Crippen LogP contribution in [0.4, 0.5) is 5.82 Å². The average molecular weight is 397 g/mol. The van der Waals surface area contributed by atoms with Gasteiger partial charge in [-0.3, -0.25) is 0 Å². The second-order valence-electron chi connectivity index (χ2n) is 6.07. The van der Waals surface area contributed by atoms with Gasteiger partial charge in [-0.05, 0) is 31.5 Å². The molecule has 1 aromatic carbocycles. The molecule has 2 aromatic rings. The number of nitrogens with zero attached hydrogens (tertiary/aromatic N) is 3.